The number of H-pyrrole nitrogens is 1. The number of carbonyl (C=O) groups is 1. The van der Waals surface area contributed by atoms with Crippen LogP contribution in [-0.2, 0) is 9.53 Å². The number of nitrogens with one attached hydrogen (secondary N) is 1. The van der Waals surface area contributed by atoms with E-state index in [1.54, 1.807) is 56.8 Å². The molecular formula is C20H24BrN3O5S. The van der Waals surface area contributed by atoms with Crippen LogP contribution in [0, 0.1) is 0 Å². The second-order valence-corrected chi connectivity index (χ2v) is 9.32. The van der Waals surface area contributed by atoms with Crippen LogP contribution in [0.25, 0.3) is 5.69 Å². The smallest absolute Gasteiger partial charge is 0.335 e. The lowest BCUT2D eigenvalue weighted by Crippen LogP contribution is -2.33. The van der Waals surface area contributed by atoms with Crippen LogP contribution in [-0.4, -0.2) is 50.5 Å². The molecule has 2 N–H and O–H groups in total. The summed E-state index contributed by atoms with van der Waals surface area (Å²) >= 11 is 4.85. The van der Waals surface area contributed by atoms with E-state index in [0.717, 1.165) is 15.3 Å². The molecule has 0 amide bonds. The summed E-state index contributed by atoms with van der Waals surface area (Å²) in [6, 6.07) is 5.75. The highest BCUT2D eigenvalue weighted by Crippen LogP contribution is 2.19. The number of halogens is 1. The van der Waals surface area contributed by atoms with E-state index >= 15 is 0 Å². The molecule has 162 valence electrons. The highest BCUT2D eigenvalue weighted by molar-refractivity contribution is 9.10. The summed E-state index contributed by atoms with van der Waals surface area (Å²) in [6.45, 7) is 5.26. The molecule has 0 aliphatic rings. The maximum atomic E-state index is 12.5. The van der Waals surface area contributed by atoms with Gasteiger partial charge < -0.3 is 9.84 Å². The molecule has 10 heteroatoms. The first kappa shape index (κ1) is 23.9. The molecule has 1 unspecified atom stereocenters. The number of hydrogen-bond acceptors (Lipinski definition) is 7. The van der Waals surface area contributed by atoms with Crippen molar-refractivity contribution in [3.8, 4) is 11.6 Å². The molecule has 0 aliphatic heterocycles. The van der Waals surface area contributed by atoms with E-state index in [2.05, 4.69) is 25.9 Å². The summed E-state index contributed by atoms with van der Waals surface area (Å²) in [7, 11) is 0. The van der Waals surface area contributed by atoms with E-state index in [-0.39, 0.29) is 5.56 Å². The number of thioether (sulfide) groups is 1. The van der Waals surface area contributed by atoms with Gasteiger partial charge in [-0.1, -0.05) is 15.9 Å². The van der Waals surface area contributed by atoms with Crippen LogP contribution in [0.5, 0.6) is 5.88 Å². The Morgan fingerprint density at radius 3 is 2.53 bits per heavy atom. The molecule has 2 aromatic rings. The summed E-state index contributed by atoms with van der Waals surface area (Å²) in [5.41, 5.74) is -2.14. The minimum Gasteiger partial charge on any atom is -0.493 e. The molecule has 1 atom stereocenters. The van der Waals surface area contributed by atoms with Crippen LogP contribution in [0.4, 0.5) is 0 Å². The van der Waals surface area contributed by atoms with Gasteiger partial charge in [0.15, 0.2) is 0 Å². The van der Waals surface area contributed by atoms with Gasteiger partial charge in [-0.3, -0.25) is 14.8 Å². The van der Waals surface area contributed by atoms with Crippen LogP contribution in [0.3, 0.4) is 0 Å². The summed E-state index contributed by atoms with van der Waals surface area (Å²) in [5, 5.41) is 10.6. The van der Waals surface area contributed by atoms with Crippen molar-refractivity contribution in [1.82, 2.24) is 9.55 Å². The lowest BCUT2D eigenvalue weighted by molar-refractivity contribution is -0.156. The van der Waals surface area contributed by atoms with Crippen LogP contribution in [0.1, 0.15) is 32.8 Å². The van der Waals surface area contributed by atoms with E-state index in [1.807, 2.05) is 6.26 Å². The second kappa shape index (κ2) is 10.1. The highest BCUT2D eigenvalue weighted by atomic mass is 79.9. The molecular weight excluding hydrogens is 474 g/mol. The van der Waals surface area contributed by atoms with Crippen molar-refractivity contribution < 1.29 is 14.6 Å². The number of rotatable bonds is 7. The van der Waals surface area contributed by atoms with Crippen LogP contribution < -0.4 is 11.2 Å². The van der Waals surface area contributed by atoms with Crippen molar-refractivity contribution in [1.29, 1.82) is 0 Å². The standard InChI is InChI=1S/C20H24BrN3O5S/c1-20(2,3)29-18(27)15(9-10-30-4)22-11-14-16(25)23-19(28)24(17(14)26)13-7-5-12(21)6-8-13/h5-8,11,15,26H,9-10H2,1-4H3,(H,23,25,28). The molecule has 1 aromatic carbocycles. The number of aliphatic imine (C=N–C) groups is 1. The molecule has 1 heterocycles. The lowest BCUT2D eigenvalue weighted by atomic mass is 10.1. The number of esters is 1. The van der Waals surface area contributed by atoms with Crippen LogP contribution >= 0.6 is 27.7 Å². The molecule has 0 aliphatic carbocycles. The third-order valence-corrected chi connectivity index (χ3v) is 5.04. The highest BCUT2D eigenvalue weighted by Gasteiger charge is 2.24. The SMILES string of the molecule is CSCCC(N=Cc1c(O)n(-c2ccc(Br)cc2)c(=O)[nH]c1=O)C(=O)OC(C)(C)C. The summed E-state index contributed by atoms with van der Waals surface area (Å²) in [5.74, 6) is -0.435. The Hall–Kier alpha value is -2.33. The largest absolute Gasteiger partial charge is 0.493 e. The predicted octanol–water partition coefficient (Wildman–Crippen LogP) is 2.88. The Kier molecular flexibility index (Phi) is 8.08. The van der Waals surface area contributed by atoms with Crippen molar-refractivity contribution in [2.45, 2.75) is 38.8 Å². The predicted molar refractivity (Wildman–Crippen MR) is 122 cm³/mol. The zero-order chi connectivity index (χ0) is 22.5. The molecule has 0 spiro atoms. The Morgan fingerprint density at radius 1 is 1.33 bits per heavy atom. The number of aromatic nitrogens is 2. The van der Waals surface area contributed by atoms with E-state index in [9.17, 15) is 19.5 Å². The van der Waals surface area contributed by atoms with E-state index < -0.39 is 34.7 Å². The molecule has 0 fully saturated rings. The van der Waals surface area contributed by atoms with Gasteiger partial charge >= 0.3 is 11.7 Å². The first-order chi connectivity index (χ1) is 14.0. The number of benzene rings is 1. The third-order valence-electron chi connectivity index (χ3n) is 3.86. The molecule has 0 saturated heterocycles. The maximum Gasteiger partial charge on any atom is 0.335 e. The molecule has 8 nitrogen and oxygen atoms in total. The Balaban J connectivity index is 2.46. The second-order valence-electron chi connectivity index (χ2n) is 7.42. The van der Waals surface area contributed by atoms with Gasteiger partial charge in [0.2, 0.25) is 5.88 Å². The van der Waals surface area contributed by atoms with Crippen LogP contribution in [0.2, 0.25) is 0 Å². The fraction of sp³-hybridized carbons (Fsp3) is 0.400. The molecule has 0 radical (unpaired) electrons. The maximum absolute atomic E-state index is 12.5. The lowest BCUT2D eigenvalue weighted by Gasteiger charge is -2.22. The van der Waals surface area contributed by atoms with Gasteiger partial charge in [-0.2, -0.15) is 11.8 Å². The Labute approximate surface area is 186 Å². The van der Waals surface area contributed by atoms with Gasteiger partial charge in [0.25, 0.3) is 5.56 Å². The molecule has 2 rings (SSSR count). The molecule has 30 heavy (non-hydrogen) atoms. The molecule has 0 bridgehead atoms. The number of aromatic amines is 1. The monoisotopic (exact) mass is 497 g/mol. The van der Waals surface area contributed by atoms with Crippen molar-refractivity contribution in [2.24, 2.45) is 4.99 Å². The van der Waals surface area contributed by atoms with Crippen molar-refractivity contribution in [2.75, 3.05) is 12.0 Å². The number of nitrogens with zero attached hydrogens (tertiary/aromatic N) is 2. The first-order valence-electron chi connectivity index (χ1n) is 9.12. The molecule has 0 saturated carbocycles. The van der Waals surface area contributed by atoms with E-state index in [4.69, 9.17) is 4.74 Å². The third kappa shape index (κ3) is 6.33. The van der Waals surface area contributed by atoms with Gasteiger partial charge in [0, 0.05) is 10.7 Å². The fourth-order valence-corrected chi connectivity index (χ4v) is 3.22. The van der Waals surface area contributed by atoms with Gasteiger partial charge in [0.05, 0.1) is 5.69 Å². The molecule has 1 aromatic heterocycles. The average Bonchev–Trinajstić information content (AvgIpc) is 2.63. The van der Waals surface area contributed by atoms with Gasteiger partial charge in [0.1, 0.15) is 17.2 Å². The van der Waals surface area contributed by atoms with Crippen molar-refractivity contribution in [3.05, 3.63) is 55.1 Å². The quantitative estimate of drug-likeness (QED) is 0.449. The van der Waals surface area contributed by atoms with E-state index in [1.165, 1.54) is 0 Å². The van der Waals surface area contributed by atoms with E-state index in [0.29, 0.717) is 17.9 Å². The Bertz CT molecular complexity index is 1040. The van der Waals surface area contributed by atoms with Gasteiger partial charge in [-0.05, 0) is 63.5 Å². The van der Waals surface area contributed by atoms with Gasteiger partial charge in [-0.15, -0.1) is 0 Å². The average molecular weight is 498 g/mol. The number of carbonyl (C=O) groups excluding carboxylic acids is 1. The fourth-order valence-electron chi connectivity index (χ4n) is 2.50. The minimum atomic E-state index is -0.844. The number of hydrogen-bond donors (Lipinski definition) is 2. The number of aromatic hydroxyl groups is 1. The summed E-state index contributed by atoms with van der Waals surface area (Å²) in [6.07, 6.45) is 3.41. The zero-order valence-corrected chi connectivity index (χ0v) is 19.5. The zero-order valence-electron chi connectivity index (χ0n) is 17.1. The topological polar surface area (TPSA) is 114 Å². The summed E-state index contributed by atoms with van der Waals surface area (Å²) < 4.78 is 7.15. The number of ether oxygens (including phenoxy) is 1. The normalized spacial score (nSPS) is 12.8. The minimum absolute atomic E-state index is 0.227. The Morgan fingerprint density at radius 2 is 1.97 bits per heavy atom. The van der Waals surface area contributed by atoms with Crippen molar-refractivity contribution in [3.63, 3.8) is 0 Å². The van der Waals surface area contributed by atoms with Gasteiger partial charge in [-0.25, -0.2) is 14.2 Å². The summed E-state index contributed by atoms with van der Waals surface area (Å²) in [4.78, 5) is 43.4. The van der Waals surface area contributed by atoms with Crippen LogP contribution in [0.15, 0.2) is 43.3 Å². The first-order valence-corrected chi connectivity index (χ1v) is 11.3. The van der Waals surface area contributed by atoms with Crippen molar-refractivity contribution >= 4 is 39.9 Å².